The molecule has 4 aromatic heterocycles. The Morgan fingerprint density at radius 1 is 0.963 bits per heavy atom. The number of benzene rings is 1. The Balaban J connectivity index is 1.61. The molecule has 130 valence electrons. The van der Waals surface area contributed by atoms with E-state index in [0.717, 1.165) is 16.8 Å². The van der Waals surface area contributed by atoms with E-state index in [1.54, 1.807) is 29.0 Å². The normalized spacial score (nSPS) is 11.1. The summed E-state index contributed by atoms with van der Waals surface area (Å²) in [6.45, 7) is 0. The molecule has 0 radical (unpaired) electrons. The number of aromatic nitrogens is 6. The van der Waals surface area contributed by atoms with Gasteiger partial charge < -0.3 is 4.42 Å². The SMILES string of the molecule is O=c1[nH]n2ccc(-c3ccc(-c4nnco4)cc3)nc2c1-c1ccccn1. The molecule has 0 saturated carbocycles. The molecule has 8 heteroatoms. The van der Waals surface area contributed by atoms with Crippen LogP contribution in [0.3, 0.4) is 0 Å². The fraction of sp³-hybridized carbons (Fsp3) is 0. The van der Waals surface area contributed by atoms with Crippen molar-refractivity contribution in [2.75, 3.05) is 0 Å². The molecule has 0 unspecified atom stereocenters. The molecular formula is C19H12N6O2. The molecule has 0 aliphatic carbocycles. The van der Waals surface area contributed by atoms with Gasteiger partial charge in [0.05, 0.1) is 11.4 Å². The van der Waals surface area contributed by atoms with Crippen molar-refractivity contribution in [2.24, 2.45) is 0 Å². The van der Waals surface area contributed by atoms with Crippen LogP contribution in [0.2, 0.25) is 0 Å². The zero-order chi connectivity index (χ0) is 18.2. The topological polar surface area (TPSA) is 102 Å². The summed E-state index contributed by atoms with van der Waals surface area (Å²) in [6.07, 6.45) is 4.72. The van der Waals surface area contributed by atoms with Gasteiger partial charge in [-0.2, -0.15) is 0 Å². The van der Waals surface area contributed by atoms with E-state index < -0.39 is 0 Å². The molecule has 0 atom stereocenters. The molecule has 0 amide bonds. The van der Waals surface area contributed by atoms with Crippen LogP contribution in [0.25, 0.3) is 39.6 Å². The molecular weight excluding hydrogens is 344 g/mol. The molecule has 8 nitrogen and oxygen atoms in total. The molecule has 0 spiro atoms. The minimum atomic E-state index is -0.231. The number of rotatable bonds is 3. The summed E-state index contributed by atoms with van der Waals surface area (Å²) in [6, 6.07) is 14.9. The van der Waals surface area contributed by atoms with E-state index in [1.165, 1.54) is 6.39 Å². The highest BCUT2D eigenvalue weighted by Crippen LogP contribution is 2.24. The third kappa shape index (κ3) is 2.60. The Labute approximate surface area is 152 Å². The smallest absolute Gasteiger partial charge is 0.276 e. The van der Waals surface area contributed by atoms with Gasteiger partial charge in [-0.15, -0.1) is 10.2 Å². The van der Waals surface area contributed by atoms with Gasteiger partial charge in [-0.05, 0) is 30.3 Å². The number of aromatic amines is 1. The first-order valence-electron chi connectivity index (χ1n) is 8.19. The zero-order valence-corrected chi connectivity index (χ0v) is 13.9. The Hall–Kier alpha value is -4.07. The molecule has 0 aliphatic rings. The monoisotopic (exact) mass is 356 g/mol. The number of hydrogen-bond acceptors (Lipinski definition) is 6. The van der Waals surface area contributed by atoms with Crippen LogP contribution in [-0.2, 0) is 0 Å². The molecule has 5 aromatic rings. The van der Waals surface area contributed by atoms with Crippen LogP contribution in [0.5, 0.6) is 0 Å². The second-order valence-electron chi connectivity index (χ2n) is 5.86. The van der Waals surface area contributed by atoms with E-state index in [1.807, 2.05) is 36.4 Å². The number of nitrogens with one attached hydrogen (secondary N) is 1. The lowest BCUT2D eigenvalue weighted by atomic mass is 10.1. The van der Waals surface area contributed by atoms with Crippen molar-refractivity contribution in [3.8, 4) is 34.0 Å². The average molecular weight is 356 g/mol. The van der Waals surface area contributed by atoms with Crippen LogP contribution >= 0.6 is 0 Å². The number of pyridine rings is 1. The first-order valence-corrected chi connectivity index (χ1v) is 8.19. The molecule has 0 saturated heterocycles. The van der Waals surface area contributed by atoms with Gasteiger partial charge >= 0.3 is 0 Å². The van der Waals surface area contributed by atoms with Crippen LogP contribution < -0.4 is 5.56 Å². The molecule has 0 aliphatic heterocycles. The number of hydrogen-bond donors (Lipinski definition) is 1. The summed E-state index contributed by atoms with van der Waals surface area (Å²) < 4.78 is 6.80. The van der Waals surface area contributed by atoms with E-state index in [4.69, 9.17) is 4.42 Å². The van der Waals surface area contributed by atoms with Crippen LogP contribution in [0.4, 0.5) is 0 Å². The zero-order valence-electron chi connectivity index (χ0n) is 13.9. The van der Waals surface area contributed by atoms with Gasteiger partial charge in [0.15, 0.2) is 5.65 Å². The maximum absolute atomic E-state index is 12.4. The largest absolute Gasteiger partial charge is 0.423 e. The quantitative estimate of drug-likeness (QED) is 0.533. The fourth-order valence-corrected chi connectivity index (χ4v) is 2.94. The van der Waals surface area contributed by atoms with Crippen molar-refractivity contribution in [2.45, 2.75) is 0 Å². The van der Waals surface area contributed by atoms with Crippen LogP contribution in [0.15, 0.2) is 76.5 Å². The number of fused-ring (bicyclic) bond motifs is 1. The molecule has 4 heterocycles. The van der Waals surface area contributed by atoms with Gasteiger partial charge in [0.2, 0.25) is 12.3 Å². The summed E-state index contributed by atoms with van der Waals surface area (Å²) in [7, 11) is 0. The summed E-state index contributed by atoms with van der Waals surface area (Å²) in [5.41, 5.74) is 3.79. The predicted octanol–water partition coefficient (Wildman–Crippen LogP) is 2.80. The van der Waals surface area contributed by atoms with Crippen LogP contribution in [-0.4, -0.2) is 29.8 Å². The van der Waals surface area contributed by atoms with Gasteiger partial charge in [0, 0.05) is 23.5 Å². The standard InChI is InChI=1S/C19H12N6O2/c26-18-16(15-3-1-2-9-20-15)17-22-14(8-10-25(17)24-18)12-4-6-13(7-5-12)19-23-21-11-27-19/h1-11H,(H,24,26). The van der Waals surface area contributed by atoms with E-state index >= 15 is 0 Å². The number of nitrogens with zero attached hydrogens (tertiary/aromatic N) is 5. The van der Waals surface area contributed by atoms with Gasteiger partial charge in [0.1, 0.15) is 5.56 Å². The summed E-state index contributed by atoms with van der Waals surface area (Å²) in [4.78, 5) is 21.3. The van der Waals surface area contributed by atoms with Crippen molar-refractivity contribution < 1.29 is 4.42 Å². The highest BCUT2D eigenvalue weighted by molar-refractivity contribution is 5.76. The lowest BCUT2D eigenvalue weighted by Crippen LogP contribution is -2.03. The summed E-state index contributed by atoms with van der Waals surface area (Å²) >= 11 is 0. The highest BCUT2D eigenvalue weighted by atomic mass is 16.4. The third-order valence-electron chi connectivity index (χ3n) is 4.22. The Kier molecular flexibility index (Phi) is 3.39. The third-order valence-corrected chi connectivity index (χ3v) is 4.22. The number of H-pyrrole nitrogens is 1. The van der Waals surface area contributed by atoms with Crippen molar-refractivity contribution in [3.05, 3.63) is 77.7 Å². The van der Waals surface area contributed by atoms with Crippen LogP contribution in [0, 0.1) is 0 Å². The molecule has 1 N–H and O–H groups in total. The van der Waals surface area contributed by atoms with Crippen molar-refractivity contribution in [1.29, 1.82) is 0 Å². The van der Waals surface area contributed by atoms with Crippen molar-refractivity contribution in [3.63, 3.8) is 0 Å². The predicted molar refractivity (Wildman–Crippen MR) is 97.8 cm³/mol. The lowest BCUT2D eigenvalue weighted by molar-refractivity contribution is 0.568. The Morgan fingerprint density at radius 3 is 2.56 bits per heavy atom. The average Bonchev–Trinajstić information content (AvgIpc) is 3.35. The van der Waals surface area contributed by atoms with Crippen molar-refractivity contribution in [1.82, 2.24) is 29.8 Å². The molecule has 27 heavy (non-hydrogen) atoms. The van der Waals surface area contributed by atoms with Crippen molar-refractivity contribution >= 4 is 5.65 Å². The van der Waals surface area contributed by atoms with Gasteiger partial charge in [-0.1, -0.05) is 18.2 Å². The van der Waals surface area contributed by atoms with E-state index in [0.29, 0.717) is 22.8 Å². The second kappa shape index (κ2) is 6.03. The highest BCUT2D eigenvalue weighted by Gasteiger charge is 2.15. The Morgan fingerprint density at radius 2 is 1.81 bits per heavy atom. The molecule has 0 bridgehead atoms. The van der Waals surface area contributed by atoms with E-state index in [2.05, 4.69) is 25.3 Å². The molecule has 5 rings (SSSR count). The fourth-order valence-electron chi connectivity index (χ4n) is 2.94. The van der Waals surface area contributed by atoms with Gasteiger partial charge in [0.25, 0.3) is 5.56 Å². The maximum atomic E-state index is 12.4. The minimum absolute atomic E-state index is 0.231. The second-order valence-corrected chi connectivity index (χ2v) is 5.86. The first-order chi connectivity index (χ1) is 13.3. The van der Waals surface area contributed by atoms with Gasteiger partial charge in [-0.25, -0.2) is 9.50 Å². The lowest BCUT2D eigenvalue weighted by Gasteiger charge is -2.04. The molecule has 0 fully saturated rings. The van der Waals surface area contributed by atoms with E-state index in [9.17, 15) is 4.79 Å². The van der Waals surface area contributed by atoms with Crippen LogP contribution in [0.1, 0.15) is 0 Å². The minimum Gasteiger partial charge on any atom is -0.423 e. The summed E-state index contributed by atoms with van der Waals surface area (Å²) in [5.74, 6) is 0.458. The first kappa shape index (κ1) is 15.2. The summed E-state index contributed by atoms with van der Waals surface area (Å²) in [5, 5.41) is 10.3. The maximum Gasteiger partial charge on any atom is 0.276 e. The Bertz CT molecular complexity index is 1270. The molecule has 1 aromatic carbocycles. The van der Waals surface area contributed by atoms with E-state index in [-0.39, 0.29) is 5.56 Å². The van der Waals surface area contributed by atoms with Gasteiger partial charge in [-0.3, -0.25) is 14.9 Å².